The zero-order valence-electron chi connectivity index (χ0n) is 19.1. The number of amides is 1. The lowest BCUT2D eigenvalue weighted by Gasteiger charge is -2.45. The molecular formula is C26H34N2O3. The second kappa shape index (κ2) is 10.1. The van der Waals surface area contributed by atoms with Gasteiger partial charge in [-0.1, -0.05) is 81.4 Å². The summed E-state index contributed by atoms with van der Waals surface area (Å²) in [5.74, 6) is -0.0991. The normalized spacial score (nSPS) is 17.6. The molecule has 0 unspecified atom stereocenters. The first-order chi connectivity index (χ1) is 14.8. The molecule has 0 spiro atoms. The van der Waals surface area contributed by atoms with E-state index in [0.29, 0.717) is 26.1 Å². The number of nitrogens with zero attached hydrogens (tertiary/aromatic N) is 2. The van der Waals surface area contributed by atoms with E-state index < -0.39 is 0 Å². The van der Waals surface area contributed by atoms with Crippen LogP contribution in [0.25, 0.3) is 0 Å². The minimum absolute atomic E-state index is 0.0110. The molecule has 0 N–H and O–H groups in total. The minimum atomic E-state index is -0.250. The molecule has 1 heterocycles. The summed E-state index contributed by atoms with van der Waals surface area (Å²) in [7, 11) is 1.42. The fraction of sp³-hybridized carbons (Fsp3) is 0.462. The first-order valence-corrected chi connectivity index (χ1v) is 11.0. The van der Waals surface area contributed by atoms with Crippen molar-refractivity contribution < 1.29 is 14.3 Å². The quantitative estimate of drug-likeness (QED) is 0.652. The van der Waals surface area contributed by atoms with Crippen LogP contribution in [0.5, 0.6) is 0 Å². The Morgan fingerprint density at radius 2 is 1.52 bits per heavy atom. The first kappa shape index (κ1) is 23.0. The van der Waals surface area contributed by atoms with Gasteiger partial charge in [0, 0.05) is 32.1 Å². The fourth-order valence-corrected chi connectivity index (χ4v) is 4.30. The lowest BCUT2D eigenvalue weighted by molar-refractivity contribution is -0.145. The molecule has 5 nitrogen and oxygen atoms in total. The van der Waals surface area contributed by atoms with Crippen molar-refractivity contribution in [3.63, 3.8) is 0 Å². The van der Waals surface area contributed by atoms with Crippen LogP contribution in [0, 0.1) is 5.41 Å². The Hall–Kier alpha value is -2.66. The molecule has 1 amide bonds. The molecule has 5 heteroatoms. The summed E-state index contributed by atoms with van der Waals surface area (Å²) in [5.41, 5.74) is 2.29. The van der Waals surface area contributed by atoms with Gasteiger partial charge in [0.15, 0.2) is 0 Å². The van der Waals surface area contributed by atoms with Crippen molar-refractivity contribution in [3.05, 3.63) is 71.8 Å². The largest absolute Gasteiger partial charge is 0.469 e. The third-order valence-corrected chi connectivity index (χ3v) is 5.75. The number of carbonyl (C=O) groups is 2. The highest BCUT2D eigenvalue weighted by atomic mass is 16.5. The van der Waals surface area contributed by atoms with Gasteiger partial charge in [0.2, 0.25) is 5.91 Å². The molecule has 0 bridgehead atoms. The number of ether oxygens (including phenoxy) is 1. The van der Waals surface area contributed by atoms with Crippen LogP contribution >= 0.6 is 0 Å². The molecule has 0 radical (unpaired) electrons. The standard InChI is InChI=1S/C26H34N2O3/c1-26(2,3)18-23(29)27-15-16-28(22(19-27)17-24(30)31-4)25(20-11-7-5-8-12-20)21-13-9-6-10-14-21/h5-14,22,25H,15-19H2,1-4H3/t22-/m1/s1. The van der Waals surface area contributed by atoms with Crippen LogP contribution in [0.4, 0.5) is 0 Å². The molecule has 0 aliphatic carbocycles. The third kappa shape index (κ3) is 6.17. The number of methoxy groups -OCH3 is 1. The van der Waals surface area contributed by atoms with Gasteiger partial charge in [0.05, 0.1) is 19.6 Å². The predicted molar refractivity (Wildman–Crippen MR) is 123 cm³/mol. The summed E-state index contributed by atoms with van der Waals surface area (Å²) in [4.78, 5) is 29.5. The highest BCUT2D eigenvalue weighted by Gasteiger charge is 2.37. The van der Waals surface area contributed by atoms with Gasteiger partial charge in [-0.15, -0.1) is 0 Å². The molecule has 2 aromatic carbocycles. The molecule has 3 rings (SSSR count). The van der Waals surface area contributed by atoms with Gasteiger partial charge < -0.3 is 9.64 Å². The maximum atomic E-state index is 12.9. The van der Waals surface area contributed by atoms with Crippen molar-refractivity contribution in [1.82, 2.24) is 9.80 Å². The van der Waals surface area contributed by atoms with Crippen LogP contribution in [0.1, 0.15) is 50.8 Å². The number of carbonyl (C=O) groups excluding carboxylic acids is 2. The molecule has 0 saturated carbocycles. The molecule has 1 saturated heterocycles. The van der Waals surface area contributed by atoms with E-state index in [1.54, 1.807) is 0 Å². The number of esters is 1. The first-order valence-electron chi connectivity index (χ1n) is 11.0. The van der Waals surface area contributed by atoms with E-state index in [4.69, 9.17) is 4.74 Å². The molecule has 1 fully saturated rings. The summed E-state index contributed by atoms with van der Waals surface area (Å²) in [6, 6.07) is 20.6. The lowest BCUT2D eigenvalue weighted by Crippen LogP contribution is -2.56. The monoisotopic (exact) mass is 422 g/mol. The molecule has 2 aromatic rings. The fourth-order valence-electron chi connectivity index (χ4n) is 4.30. The van der Waals surface area contributed by atoms with Gasteiger partial charge in [-0.2, -0.15) is 0 Å². The van der Waals surface area contributed by atoms with Gasteiger partial charge in [-0.3, -0.25) is 14.5 Å². The molecule has 1 aliphatic rings. The molecule has 0 aromatic heterocycles. The van der Waals surface area contributed by atoms with Crippen molar-refractivity contribution in [1.29, 1.82) is 0 Å². The van der Waals surface area contributed by atoms with Gasteiger partial charge in [0.1, 0.15) is 0 Å². The third-order valence-electron chi connectivity index (χ3n) is 5.75. The Labute approximate surface area is 186 Å². The molecular weight excluding hydrogens is 388 g/mol. The Morgan fingerprint density at radius 3 is 2.00 bits per heavy atom. The number of hydrogen-bond acceptors (Lipinski definition) is 4. The van der Waals surface area contributed by atoms with Crippen molar-refractivity contribution in [2.24, 2.45) is 5.41 Å². The van der Waals surface area contributed by atoms with Gasteiger partial charge in [0.25, 0.3) is 0 Å². The van der Waals surface area contributed by atoms with Gasteiger partial charge >= 0.3 is 5.97 Å². The number of rotatable bonds is 6. The Balaban J connectivity index is 1.92. The van der Waals surface area contributed by atoms with Crippen LogP contribution in [0.3, 0.4) is 0 Å². The molecule has 1 atom stereocenters. The van der Waals surface area contributed by atoms with E-state index >= 15 is 0 Å². The van der Waals surface area contributed by atoms with Crippen molar-refractivity contribution in [2.45, 2.75) is 45.7 Å². The van der Waals surface area contributed by atoms with Gasteiger partial charge in [-0.05, 0) is 16.5 Å². The predicted octanol–water partition coefficient (Wildman–Crippen LogP) is 4.29. The highest BCUT2D eigenvalue weighted by molar-refractivity contribution is 5.77. The van der Waals surface area contributed by atoms with E-state index in [-0.39, 0.29) is 35.8 Å². The Morgan fingerprint density at radius 1 is 0.968 bits per heavy atom. The van der Waals surface area contributed by atoms with Crippen LogP contribution < -0.4 is 0 Å². The maximum Gasteiger partial charge on any atom is 0.307 e. The summed E-state index contributed by atoms with van der Waals surface area (Å²) in [6.45, 7) is 8.12. The Bertz CT molecular complexity index is 822. The van der Waals surface area contributed by atoms with E-state index in [1.807, 2.05) is 41.3 Å². The Kier molecular flexibility index (Phi) is 7.50. The van der Waals surface area contributed by atoms with Crippen LogP contribution in [-0.4, -0.2) is 54.5 Å². The zero-order chi connectivity index (χ0) is 22.4. The lowest BCUT2D eigenvalue weighted by atomic mass is 9.90. The summed E-state index contributed by atoms with van der Waals surface area (Å²) in [6.07, 6.45) is 0.755. The topological polar surface area (TPSA) is 49.9 Å². The molecule has 1 aliphatic heterocycles. The molecule has 166 valence electrons. The summed E-state index contributed by atoms with van der Waals surface area (Å²) < 4.78 is 5.00. The highest BCUT2D eigenvalue weighted by Crippen LogP contribution is 2.33. The van der Waals surface area contributed by atoms with E-state index in [9.17, 15) is 9.59 Å². The second-order valence-corrected chi connectivity index (χ2v) is 9.47. The minimum Gasteiger partial charge on any atom is -0.469 e. The average molecular weight is 423 g/mol. The van der Waals surface area contributed by atoms with Crippen molar-refractivity contribution in [2.75, 3.05) is 26.7 Å². The average Bonchev–Trinajstić information content (AvgIpc) is 2.75. The van der Waals surface area contributed by atoms with E-state index in [1.165, 1.54) is 18.2 Å². The summed E-state index contributed by atoms with van der Waals surface area (Å²) in [5, 5.41) is 0. The van der Waals surface area contributed by atoms with Crippen molar-refractivity contribution in [3.8, 4) is 0 Å². The van der Waals surface area contributed by atoms with E-state index in [2.05, 4.69) is 49.9 Å². The van der Waals surface area contributed by atoms with E-state index in [0.717, 1.165) is 0 Å². The summed E-state index contributed by atoms with van der Waals surface area (Å²) >= 11 is 0. The smallest absolute Gasteiger partial charge is 0.307 e. The SMILES string of the molecule is COC(=O)C[C@@H]1CN(C(=O)CC(C)(C)C)CCN1C(c1ccccc1)c1ccccc1. The van der Waals surface area contributed by atoms with Crippen LogP contribution in [0.2, 0.25) is 0 Å². The second-order valence-electron chi connectivity index (χ2n) is 9.47. The zero-order valence-corrected chi connectivity index (χ0v) is 19.1. The van der Waals surface area contributed by atoms with Crippen LogP contribution in [0.15, 0.2) is 60.7 Å². The number of piperazine rings is 1. The molecule has 31 heavy (non-hydrogen) atoms. The van der Waals surface area contributed by atoms with Gasteiger partial charge in [-0.25, -0.2) is 0 Å². The maximum absolute atomic E-state index is 12.9. The van der Waals surface area contributed by atoms with Crippen LogP contribution in [-0.2, 0) is 14.3 Å². The van der Waals surface area contributed by atoms with Crippen molar-refractivity contribution >= 4 is 11.9 Å². The number of benzene rings is 2. The number of hydrogen-bond donors (Lipinski definition) is 0.